The van der Waals surface area contributed by atoms with Crippen LogP contribution in [0.1, 0.15) is 20.3 Å². The highest BCUT2D eigenvalue weighted by atomic mass is 16.5. The van der Waals surface area contributed by atoms with E-state index in [4.69, 9.17) is 10.5 Å². The van der Waals surface area contributed by atoms with Crippen molar-refractivity contribution in [2.24, 2.45) is 5.73 Å². The number of carbonyl (C=O) groups is 2. The molecule has 0 aromatic heterocycles. The van der Waals surface area contributed by atoms with Gasteiger partial charge in [0.25, 0.3) is 5.91 Å². The number of amides is 2. The van der Waals surface area contributed by atoms with Crippen molar-refractivity contribution in [2.75, 3.05) is 18.0 Å². The summed E-state index contributed by atoms with van der Waals surface area (Å²) in [6.07, 6.45) is 0.131. The quantitative estimate of drug-likeness (QED) is 0.834. The summed E-state index contributed by atoms with van der Waals surface area (Å²) >= 11 is 0. The van der Waals surface area contributed by atoms with Gasteiger partial charge in [0.05, 0.1) is 18.8 Å². The minimum atomic E-state index is -0.740. The van der Waals surface area contributed by atoms with Crippen LogP contribution in [0.3, 0.4) is 0 Å². The van der Waals surface area contributed by atoms with Crippen LogP contribution in [0.5, 0.6) is 5.75 Å². The maximum absolute atomic E-state index is 12.1. The van der Waals surface area contributed by atoms with E-state index in [0.717, 1.165) is 12.1 Å². The van der Waals surface area contributed by atoms with Crippen LogP contribution in [0.4, 0.5) is 5.69 Å². The van der Waals surface area contributed by atoms with Crippen LogP contribution in [0.2, 0.25) is 0 Å². The number of rotatable bonds is 5. The van der Waals surface area contributed by atoms with Gasteiger partial charge in [0.1, 0.15) is 5.75 Å². The summed E-state index contributed by atoms with van der Waals surface area (Å²) in [5, 5.41) is 2.91. The van der Waals surface area contributed by atoms with Gasteiger partial charge in [-0.2, -0.15) is 0 Å². The number of nitrogens with zero attached hydrogens (tertiary/aromatic N) is 1. The van der Waals surface area contributed by atoms with Crippen molar-refractivity contribution in [1.82, 2.24) is 5.32 Å². The average Bonchev–Trinajstić information content (AvgIpc) is 2.46. The first-order valence-electron chi connectivity index (χ1n) is 7.10. The number of nitrogens with two attached hydrogens (primary N) is 1. The Morgan fingerprint density at radius 1 is 1.48 bits per heavy atom. The first kappa shape index (κ1) is 15.2. The van der Waals surface area contributed by atoms with E-state index in [9.17, 15) is 9.59 Å². The fourth-order valence-corrected chi connectivity index (χ4v) is 2.20. The highest BCUT2D eigenvalue weighted by Gasteiger charge is 2.30. The fraction of sp³-hybridized carbons (Fsp3) is 0.467. The number of ether oxygens (including phenoxy) is 1. The predicted molar refractivity (Wildman–Crippen MR) is 80.2 cm³/mol. The molecule has 1 aromatic carbocycles. The largest absolute Gasteiger partial charge is 0.477 e. The molecular weight excluding hydrogens is 270 g/mol. The minimum Gasteiger partial charge on any atom is -0.477 e. The lowest BCUT2D eigenvalue weighted by Crippen LogP contribution is -2.50. The molecule has 1 heterocycles. The predicted octanol–water partition coefficient (Wildman–Crippen LogP) is 0.654. The summed E-state index contributed by atoms with van der Waals surface area (Å²) in [5.74, 6) is -0.0370. The molecule has 2 atom stereocenters. The minimum absolute atomic E-state index is 0.0794. The Morgan fingerprint density at radius 3 is 2.86 bits per heavy atom. The molecule has 114 valence electrons. The summed E-state index contributed by atoms with van der Waals surface area (Å²) in [7, 11) is 0. The fourth-order valence-electron chi connectivity index (χ4n) is 2.20. The zero-order valence-electron chi connectivity index (χ0n) is 12.3. The van der Waals surface area contributed by atoms with Gasteiger partial charge < -0.3 is 20.7 Å². The zero-order chi connectivity index (χ0) is 15.4. The second-order valence-electron chi connectivity index (χ2n) is 5.23. The van der Waals surface area contributed by atoms with E-state index < -0.39 is 12.0 Å². The van der Waals surface area contributed by atoms with Gasteiger partial charge in [-0.15, -0.1) is 0 Å². The number of carbonyl (C=O) groups excluding carboxylic acids is 2. The molecule has 1 aromatic rings. The summed E-state index contributed by atoms with van der Waals surface area (Å²) in [6.45, 7) is 4.42. The Balaban J connectivity index is 2.14. The number of hydrogen-bond donors (Lipinski definition) is 2. The third-order valence-electron chi connectivity index (χ3n) is 3.53. The Bertz CT molecular complexity index is 533. The van der Waals surface area contributed by atoms with Gasteiger partial charge in [0, 0.05) is 6.04 Å². The monoisotopic (exact) mass is 291 g/mol. The van der Waals surface area contributed by atoms with E-state index >= 15 is 0 Å². The van der Waals surface area contributed by atoms with Gasteiger partial charge in [0.15, 0.2) is 6.10 Å². The van der Waals surface area contributed by atoms with Crippen molar-refractivity contribution in [2.45, 2.75) is 32.4 Å². The van der Waals surface area contributed by atoms with Crippen molar-refractivity contribution < 1.29 is 14.3 Å². The van der Waals surface area contributed by atoms with Gasteiger partial charge in [0.2, 0.25) is 5.91 Å². The molecule has 0 saturated carbocycles. The highest BCUT2D eigenvalue weighted by molar-refractivity contribution is 5.85. The van der Waals surface area contributed by atoms with Gasteiger partial charge in [-0.05, 0) is 25.5 Å². The van der Waals surface area contributed by atoms with Crippen LogP contribution >= 0.6 is 0 Å². The van der Waals surface area contributed by atoms with E-state index in [1.807, 2.05) is 36.9 Å². The van der Waals surface area contributed by atoms with Crippen molar-refractivity contribution >= 4 is 17.5 Å². The molecule has 1 aliphatic rings. The van der Waals surface area contributed by atoms with Crippen LogP contribution in [0.25, 0.3) is 0 Å². The summed E-state index contributed by atoms with van der Waals surface area (Å²) < 4.78 is 5.56. The van der Waals surface area contributed by atoms with Crippen LogP contribution in [0.15, 0.2) is 24.3 Å². The topological polar surface area (TPSA) is 84.7 Å². The Kier molecular flexibility index (Phi) is 4.67. The molecule has 6 nitrogen and oxygen atoms in total. The zero-order valence-corrected chi connectivity index (χ0v) is 12.3. The van der Waals surface area contributed by atoms with Crippen molar-refractivity contribution in [3.63, 3.8) is 0 Å². The Labute approximate surface area is 124 Å². The SMILES string of the molecule is CCC(C)NC(=O)CN1CC(C(N)=O)Oc2ccccc21. The van der Waals surface area contributed by atoms with Crippen molar-refractivity contribution in [3.05, 3.63) is 24.3 Å². The van der Waals surface area contributed by atoms with Gasteiger partial charge in [-0.1, -0.05) is 19.1 Å². The number of para-hydroxylation sites is 2. The van der Waals surface area contributed by atoms with E-state index in [0.29, 0.717) is 5.75 Å². The number of hydrogen-bond acceptors (Lipinski definition) is 4. The first-order valence-corrected chi connectivity index (χ1v) is 7.10. The number of primary amides is 1. The molecule has 0 spiro atoms. The summed E-state index contributed by atoms with van der Waals surface area (Å²) in [4.78, 5) is 25.3. The molecule has 6 heteroatoms. The van der Waals surface area contributed by atoms with Crippen molar-refractivity contribution in [1.29, 1.82) is 0 Å². The molecule has 2 amide bonds. The smallest absolute Gasteiger partial charge is 0.260 e. The molecule has 0 bridgehead atoms. The van der Waals surface area contributed by atoms with Crippen molar-refractivity contribution in [3.8, 4) is 5.75 Å². The van der Waals surface area contributed by atoms with E-state index in [1.165, 1.54) is 0 Å². The number of nitrogens with one attached hydrogen (secondary N) is 1. The lowest BCUT2D eigenvalue weighted by Gasteiger charge is -2.34. The first-order chi connectivity index (χ1) is 10.0. The van der Waals surface area contributed by atoms with Gasteiger partial charge in [-0.25, -0.2) is 0 Å². The van der Waals surface area contributed by atoms with Gasteiger partial charge >= 0.3 is 0 Å². The molecule has 0 radical (unpaired) electrons. The normalized spacial score (nSPS) is 18.4. The average molecular weight is 291 g/mol. The third-order valence-corrected chi connectivity index (χ3v) is 3.53. The molecule has 1 aliphatic heterocycles. The number of anilines is 1. The highest BCUT2D eigenvalue weighted by Crippen LogP contribution is 2.32. The molecule has 3 N–H and O–H groups in total. The Hall–Kier alpha value is -2.24. The maximum Gasteiger partial charge on any atom is 0.260 e. The molecule has 0 fully saturated rings. The van der Waals surface area contributed by atoms with Crippen LogP contribution in [-0.4, -0.2) is 37.0 Å². The third kappa shape index (κ3) is 3.65. The second-order valence-corrected chi connectivity index (χ2v) is 5.23. The summed E-state index contributed by atoms with van der Waals surface area (Å²) in [6, 6.07) is 7.44. The van der Waals surface area contributed by atoms with Crippen LogP contribution < -0.4 is 20.7 Å². The van der Waals surface area contributed by atoms with E-state index in [2.05, 4.69) is 5.32 Å². The maximum atomic E-state index is 12.1. The molecule has 0 aliphatic carbocycles. The van der Waals surface area contributed by atoms with E-state index in [1.54, 1.807) is 6.07 Å². The lowest BCUT2D eigenvalue weighted by atomic mass is 10.1. The summed E-state index contributed by atoms with van der Waals surface area (Å²) in [5.41, 5.74) is 6.13. The standard InChI is InChI=1S/C15H21N3O3/c1-3-10(2)17-14(19)9-18-8-13(15(16)20)21-12-7-5-4-6-11(12)18/h4-7,10,13H,3,8-9H2,1-2H3,(H2,16,20)(H,17,19). The molecule has 0 saturated heterocycles. The number of fused-ring (bicyclic) bond motifs is 1. The Morgan fingerprint density at radius 2 is 2.19 bits per heavy atom. The number of benzene rings is 1. The molecular formula is C15H21N3O3. The van der Waals surface area contributed by atoms with Gasteiger partial charge in [-0.3, -0.25) is 9.59 Å². The van der Waals surface area contributed by atoms with Crippen LogP contribution in [0, 0.1) is 0 Å². The van der Waals surface area contributed by atoms with Crippen LogP contribution in [-0.2, 0) is 9.59 Å². The second kappa shape index (κ2) is 6.47. The molecule has 21 heavy (non-hydrogen) atoms. The lowest BCUT2D eigenvalue weighted by molar-refractivity contribution is -0.125. The molecule has 2 rings (SSSR count). The molecule has 2 unspecified atom stereocenters. The van der Waals surface area contributed by atoms with E-state index in [-0.39, 0.29) is 25.0 Å².